The molecule has 2 aromatic rings. The van der Waals surface area contributed by atoms with Gasteiger partial charge in [-0.05, 0) is 49.0 Å². The van der Waals surface area contributed by atoms with Crippen LogP contribution < -0.4 is 16.5 Å². The topological polar surface area (TPSA) is 99.8 Å². The fraction of sp³-hybridized carbons (Fsp3) is 0.111. The van der Waals surface area contributed by atoms with Crippen LogP contribution in [-0.4, -0.2) is 34.2 Å². The second-order valence-electron chi connectivity index (χ2n) is 5.67. The summed E-state index contributed by atoms with van der Waals surface area (Å²) in [6.07, 6.45) is 0. The number of fused-ring (bicyclic) bond motifs is 1. The van der Waals surface area contributed by atoms with Gasteiger partial charge in [0.25, 0.3) is 11.8 Å². The van der Waals surface area contributed by atoms with Crippen LogP contribution in [0.5, 0.6) is 0 Å². The number of amides is 2. The summed E-state index contributed by atoms with van der Waals surface area (Å²) in [6, 6.07) is 14.2. The highest BCUT2D eigenvalue weighted by Gasteiger charge is 2.34. The lowest BCUT2D eigenvalue weighted by Gasteiger charge is -2.15. The Labute approximate surface area is 155 Å². The Morgan fingerprint density at radius 1 is 1.08 bits per heavy atom. The first-order valence-electron chi connectivity index (χ1n) is 7.86. The van der Waals surface area contributed by atoms with E-state index in [1.54, 1.807) is 24.3 Å². The number of benzene rings is 2. The molecular formula is C18H17N5O2S. The van der Waals surface area contributed by atoms with E-state index in [1.165, 1.54) is 4.90 Å². The zero-order chi connectivity index (χ0) is 18.7. The molecule has 132 valence electrons. The number of imide groups is 1. The number of hydrogen-bond donors (Lipinski definition) is 3. The summed E-state index contributed by atoms with van der Waals surface area (Å²) in [5, 5.41) is 7.25. The van der Waals surface area contributed by atoms with E-state index < -0.39 is 0 Å². The van der Waals surface area contributed by atoms with Crippen LogP contribution in [0.1, 0.15) is 33.2 Å². The van der Waals surface area contributed by atoms with Gasteiger partial charge < -0.3 is 11.1 Å². The molecule has 0 atom stereocenters. The molecule has 7 nitrogen and oxygen atoms in total. The van der Waals surface area contributed by atoms with Gasteiger partial charge in [-0.15, -0.1) is 0 Å². The van der Waals surface area contributed by atoms with Gasteiger partial charge in [-0.3, -0.25) is 19.9 Å². The molecule has 2 amide bonds. The smallest absolute Gasteiger partial charge is 0.263 e. The SMILES string of the molecule is C/C(=N\NC(N)=S)c1ccc(NCN2C(=O)c3ccccc3C2=O)cc1. The monoisotopic (exact) mass is 367 g/mol. The van der Waals surface area contributed by atoms with Crippen LogP contribution in [-0.2, 0) is 0 Å². The minimum absolute atomic E-state index is 0.0990. The standard InChI is InChI=1S/C18H17N5O2S/c1-11(21-22-18(19)26)12-6-8-13(9-7-12)20-10-23-16(24)14-4-2-3-5-15(14)17(23)25/h2-9,20H,10H2,1H3,(H3,19,22,26)/b21-11+. The van der Waals surface area contributed by atoms with Gasteiger partial charge in [0, 0.05) is 5.69 Å². The van der Waals surface area contributed by atoms with E-state index in [0.717, 1.165) is 17.0 Å². The molecule has 0 aromatic heterocycles. The molecule has 0 saturated carbocycles. The van der Waals surface area contributed by atoms with Gasteiger partial charge in [-0.2, -0.15) is 5.10 Å². The first-order chi connectivity index (χ1) is 12.5. The Kier molecular flexibility index (Phi) is 4.94. The molecule has 26 heavy (non-hydrogen) atoms. The van der Waals surface area contributed by atoms with E-state index in [9.17, 15) is 9.59 Å². The van der Waals surface area contributed by atoms with Gasteiger partial charge in [-0.1, -0.05) is 24.3 Å². The number of carbonyl (C=O) groups is 2. The Balaban J connectivity index is 1.64. The summed E-state index contributed by atoms with van der Waals surface area (Å²) < 4.78 is 0. The van der Waals surface area contributed by atoms with Crippen molar-refractivity contribution in [3.63, 3.8) is 0 Å². The third kappa shape index (κ3) is 3.55. The third-order valence-electron chi connectivity index (χ3n) is 3.96. The lowest BCUT2D eigenvalue weighted by molar-refractivity contribution is 0.0666. The number of carbonyl (C=O) groups excluding carboxylic acids is 2. The van der Waals surface area contributed by atoms with Crippen molar-refractivity contribution in [1.29, 1.82) is 0 Å². The van der Waals surface area contributed by atoms with Gasteiger partial charge in [0.15, 0.2) is 5.11 Å². The Morgan fingerprint density at radius 3 is 2.19 bits per heavy atom. The van der Waals surface area contributed by atoms with Crippen LogP contribution in [0.4, 0.5) is 5.69 Å². The summed E-state index contributed by atoms with van der Waals surface area (Å²) in [5.74, 6) is -0.581. The van der Waals surface area contributed by atoms with Crippen LogP contribution in [0, 0.1) is 0 Å². The zero-order valence-electron chi connectivity index (χ0n) is 14.0. The van der Waals surface area contributed by atoms with E-state index in [-0.39, 0.29) is 23.6 Å². The molecule has 4 N–H and O–H groups in total. The normalized spacial score (nSPS) is 13.6. The van der Waals surface area contributed by atoms with E-state index >= 15 is 0 Å². The fourth-order valence-corrected chi connectivity index (χ4v) is 2.63. The summed E-state index contributed by atoms with van der Waals surface area (Å²) in [7, 11) is 0. The van der Waals surface area contributed by atoms with Crippen LogP contribution in [0.25, 0.3) is 0 Å². The zero-order valence-corrected chi connectivity index (χ0v) is 14.8. The highest BCUT2D eigenvalue weighted by molar-refractivity contribution is 7.80. The van der Waals surface area contributed by atoms with Gasteiger partial charge >= 0.3 is 0 Å². The number of rotatable bonds is 5. The molecule has 1 aliphatic rings. The largest absolute Gasteiger partial charge is 0.375 e. The number of nitrogens with two attached hydrogens (primary N) is 1. The predicted octanol–water partition coefficient (Wildman–Crippen LogP) is 1.91. The molecule has 0 radical (unpaired) electrons. The number of thiocarbonyl (C=S) groups is 1. The first kappa shape index (κ1) is 17.6. The molecule has 3 rings (SSSR count). The third-order valence-corrected chi connectivity index (χ3v) is 4.05. The van der Waals surface area contributed by atoms with Gasteiger partial charge in [-0.25, -0.2) is 0 Å². The van der Waals surface area contributed by atoms with Gasteiger partial charge in [0.2, 0.25) is 0 Å². The van der Waals surface area contributed by atoms with Crippen molar-refractivity contribution in [2.75, 3.05) is 12.0 Å². The molecule has 2 aromatic carbocycles. The van der Waals surface area contributed by atoms with E-state index in [2.05, 4.69) is 15.8 Å². The molecule has 0 saturated heterocycles. The quantitative estimate of drug-likeness (QED) is 0.323. The van der Waals surface area contributed by atoms with Crippen molar-refractivity contribution >= 4 is 40.5 Å². The minimum atomic E-state index is -0.290. The molecule has 0 spiro atoms. The molecule has 0 aliphatic carbocycles. The van der Waals surface area contributed by atoms with Crippen LogP contribution in [0.3, 0.4) is 0 Å². The van der Waals surface area contributed by atoms with Crippen LogP contribution in [0.2, 0.25) is 0 Å². The summed E-state index contributed by atoms with van der Waals surface area (Å²) in [6.45, 7) is 1.92. The van der Waals surface area contributed by atoms with Crippen molar-refractivity contribution in [3.05, 3.63) is 65.2 Å². The van der Waals surface area contributed by atoms with E-state index in [0.29, 0.717) is 11.1 Å². The van der Waals surface area contributed by atoms with Crippen molar-refractivity contribution < 1.29 is 9.59 Å². The number of nitrogens with one attached hydrogen (secondary N) is 2. The second kappa shape index (κ2) is 7.32. The molecule has 8 heteroatoms. The minimum Gasteiger partial charge on any atom is -0.375 e. The highest BCUT2D eigenvalue weighted by Crippen LogP contribution is 2.22. The van der Waals surface area contributed by atoms with Gasteiger partial charge in [0.1, 0.15) is 0 Å². The fourth-order valence-electron chi connectivity index (χ4n) is 2.59. The molecule has 0 fully saturated rings. The molecule has 1 aliphatic heterocycles. The number of nitrogens with zero attached hydrogens (tertiary/aromatic N) is 2. The number of hydrogen-bond acceptors (Lipinski definition) is 5. The predicted molar refractivity (Wildman–Crippen MR) is 104 cm³/mol. The van der Waals surface area contributed by atoms with Crippen molar-refractivity contribution in [1.82, 2.24) is 10.3 Å². The Bertz CT molecular complexity index is 873. The molecule has 0 bridgehead atoms. The van der Waals surface area contributed by atoms with Crippen LogP contribution >= 0.6 is 12.2 Å². The molecular weight excluding hydrogens is 350 g/mol. The number of anilines is 1. The summed E-state index contributed by atoms with van der Waals surface area (Å²) in [4.78, 5) is 25.8. The van der Waals surface area contributed by atoms with Gasteiger partial charge in [0.05, 0.1) is 23.5 Å². The van der Waals surface area contributed by atoms with E-state index in [4.69, 9.17) is 18.0 Å². The molecule has 1 heterocycles. The van der Waals surface area contributed by atoms with Crippen molar-refractivity contribution in [2.24, 2.45) is 10.8 Å². The van der Waals surface area contributed by atoms with Crippen LogP contribution in [0.15, 0.2) is 53.6 Å². The lowest BCUT2D eigenvalue weighted by atomic mass is 10.1. The van der Waals surface area contributed by atoms with Crippen molar-refractivity contribution in [3.8, 4) is 0 Å². The maximum absolute atomic E-state index is 12.3. The Morgan fingerprint density at radius 2 is 1.65 bits per heavy atom. The highest BCUT2D eigenvalue weighted by atomic mass is 32.1. The average Bonchev–Trinajstić information content (AvgIpc) is 2.89. The second-order valence-corrected chi connectivity index (χ2v) is 6.11. The maximum Gasteiger partial charge on any atom is 0.263 e. The number of hydrazone groups is 1. The first-order valence-corrected chi connectivity index (χ1v) is 8.27. The summed E-state index contributed by atoms with van der Waals surface area (Å²) >= 11 is 4.71. The van der Waals surface area contributed by atoms with E-state index in [1.807, 2.05) is 31.2 Å². The molecule has 0 unspecified atom stereocenters. The Hall–Kier alpha value is -3.26. The van der Waals surface area contributed by atoms with Crippen molar-refractivity contribution in [2.45, 2.75) is 6.92 Å². The lowest BCUT2D eigenvalue weighted by Crippen LogP contribution is -2.34. The average molecular weight is 367 g/mol. The summed E-state index contributed by atoms with van der Waals surface area (Å²) in [5.41, 5.74) is 11.1. The maximum atomic E-state index is 12.3.